The summed E-state index contributed by atoms with van der Waals surface area (Å²) < 4.78 is 6.64. The van der Waals surface area contributed by atoms with Gasteiger partial charge in [0.1, 0.15) is 11.2 Å². The summed E-state index contributed by atoms with van der Waals surface area (Å²) in [6.45, 7) is 4.60. The Kier molecular flexibility index (Phi) is 6.19. The van der Waals surface area contributed by atoms with E-state index in [-0.39, 0.29) is 5.41 Å². The minimum absolute atomic E-state index is 0.0759. The van der Waals surface area contributed by atoms with E-state index in [1.807, 2.05) is 24.3 Å². The molecular formula is C46H31N3O. The predicted octanol–water partition coefficient (Wildman–Crippen LogP) is 11.9. The Morgan fingerprint density at radius 3 is 1.82 bits per heavy atom. The first-order valence-corrected chi connectivity index (χ1v) is 17.0. The van der Waals surface area contributed by atoms with E-state index >= 15 is 0 Å². The number of furan rings is 1. The average Bonchev–Trinajstić information content (AvgIpc) is 3.66. The van der Waals surface area contributed by atoms with Crippen molar-refractivity contribution in [3.63, 3.8) is 0 Å². The van der Waals surface area contributed by atoms with E-state index < -0.39 is 0 Å². The lowest BCUT2D eigenvalue weighted by Gasteiger charge is -2.21. The van der Waals surface area contributed by atoms with Crippen LogP contribution in [0.5, 0.6) is 0 Å². The zero-order chi connectivity index (χ0) is 33.4. The number of benzene rings is 7. The van der Waals surface area contributed by atoms with Crippen molar-refractivity contribution < 1.29 is 4.42 Å². The van der Waals surface area contributed by atoms with Crippen molar-refractivity contribution in [2.45, 2.75) is 19.3 Å². The third-order valence-electron chi connectivity index (χ3n) is 10.3. The summed E-state index contributed by atoms with van der Waals surface area (Å²) in [7, 11) is 0. The number of nitrogens with zero attached hydrogens (tertiary/aromatic N) is 3. The highest BCUT2D eigenvalue weighted by atomic mass is 16.3. The smallest absolute Gasteiger partial charge is 0.164 e. The van der Waals surface area contributed by atoms with Gasteiger partial charge in [-0.25, -0.2) is 15.0 Å². The topological polar surface area (TPSA) is 51.8 Å². The third-order valence-corrected chi connectivity index (χ3v) is 10.3. The largest absolute Gasteiger partial charge is 0.455 e. The number of hydrogen-bond acceptors (Lipinski definition) is 4. The number of rotatable bonds is 4. The molecule has 4 heteroatoms. The summed E-state index contributed by atoms with van der Waals surface area (Å²) in [6.07, 6.45) is 0. The molecule has 0 atom stereocenters. The highest BCUT2D eigenvalue weighted by Gasteiger charge is 2.35. The second kappa shape index (κ2) is 10.8. The van der Waals surface area contributed by atoms with Crippen LogP contribution in [-0.2, 0) is 5.41 Å². The molecule has 0 N–H and O–H groups in total. The van der Waals surface area contributed by atoms with Crippen LogP contribution in [0.2, 0.25) is 0 Å². The SMILES string of the molecule is CC1(C)c2ccccc2-c2cc(-c3nc(-c4ccccc4)nc(-c4cc5c6ccc(-c7ccccc7)cc6oc5c5ccccc45)n3)ccc21. The maximum absolute atomic E-state index is 6.64. The van der Waals surface area contributed by atoms with E-state index in [0.29, 0.717) is 17.5 Å². The first-order chi connectivity index (χ1) is 24.5. The molecule has 0 saturated heterocycles. The Morgan fingerprint density at radius 1 is 0.400 bits per heavy atom. The summed E-state index contributed by atoms with van der Waals surface area (Å²) in [5.74, 6) is 1.91. The molecule has 10 rings (SSSR count). The Balaban J connectivity index is 1.20. The lowest BCUT2D eigenvalue weighted by atomic mass is 9.82. The molecule has 0 saturated carbocycles. The van der Waals surface area contributed by atoms with Gasteiger partial charge in [-0.3, -0.25) is 0 Å². The Hall–Kier alpha value is -6.39. The standard InChI is InChI=1S/C46H31N3O/c1-46(2)39-20-12-11-18-33(39)36-25-31(22-24-40(36)46)44-47-43(29-15-7-4-8-16-29)48-45(49-44)38-27-37-34-23-21-30(28-13-5-3-6-14-28)26-41(34)50-42(37)35-19-10-9-17-32(35)38/h3-27H,1-2H3. The first-order valence-electron chi connectivity index (χ1n) is 17.0. The highest BCUT2D eigenvalue weighted by Crippen LogP contribution is 2.49. The molecular weight excluding hydrogens is 611 g/mol. The van der Waals surface area contributed by atoms with Gasteiger partial charge in [0.05, 0.1) is 0 Å². The first kappa shape index (κ1) is 28.6. The molecule has 2 aromatic heterocycles. The molecule has 236 valence electrons. The lowest BCUT2D eigenvalue weighted by molar-refractivity contribution is 0.660. The summed E-state index contributed by atoms with van der Waals surface area (Å²) >= 11 is 0. The molecule has 9 aromatic rings. The van der Waals surface area contributed by atoms with E-state index in [1.54, 1.807) is 0 Å². The van der Waals surface area contributed by atoms with Crippen LogP contribution in [-0.4, -0.2) is 15.0 Å². The van der Waals surface area contributed by atoms with Crippen molar-refractivity contribution in [1.82, 2.24) is 15.0 Å². The van der Waals surface area contributed by atoms with Crippen LogP contribution in [0.15, 0.2) is 156 Å². The maximum atomic E-state index is 6.64. The Labute approximate surface area is 289 Å². The molecule has 1 aliphatic rings. The molecule has 2 heterocycles. The van der Waals surface area contributed by atoms with E-state index in [2.05, 4.69) is 141 Å². The zero-order valence-corrected chi connectivity index (χ0v) is 27.7. The van der Waals surface area contributed by atoms with Gasteiger partial charge in [-0.2, -0.15) is 0 Å². The fourth-order valence-corrected chi connectivity index (χ4v) is 7.79. The molecule has 50 heavy (non-hydrogen) atoms. The number of hydrogen-bond donors (Lipinski definition) is 0. The molecule has 0 fully saturated rings. The molecule has 0 amide bonds. The van der Waals surface area contributed by atoms with E-state index in [0.717, 1.165) is 60.5 Å². The van der Waals surface area contributed by atoms with Gasteiger partial charge in [-0.1, -0.05) is 141 Å². The second-order valence-corrected chi connectivity index (χ2v) is 13.6. The molecule has 0 bridgehead atoms. The summed E-state index contributed by atoms with van der Waals surface area (Å²) in [5, 5.41) is 4.15. The van der Waals surface area contributed by atoms with Crippen LogP contribution in [0.4, 0.5) is 0 Å². The molecule has 7 aromatic carbocycles. The monoisotopic (exact) mass is 641 g/mol. The average molecular weight is 642 g/mol. The summed E-state index contributed by atoms with van der Waals surface area (Å²) in [5.41, 5.74) is 11.9. The van der Waals surface area contributed by atoms with Gasteiger partial charge >= 0.3 is 0 Å². The minimum Gasteiger partial charge on any atom is -0.455 e. The molecule has 0 spiro atoms. The van der Waals surface area contributed by atoms with Gasteiger partial charge in [0.25, 0.3) is 0 Å². The Bertz CT molecular complexity index is 2780. The predicted molar refractivity (Wildman–Crippen MR) is 204 cm³/mol. The van der Waals surface area contributed by atoms with Crippen LogP contribution < -0.4 is 0 Å². The molecule has 1 aliphatic carbocycles. The van der Waals surface area contributed by atoms with Crippen LogP contribution in [0.1, 0.15) is 25.0 Å². The Morgan fingerprint density at radius 2 is 1.02 bits per heavy atom. The van der Waals surface area contributed by atoms with Crippen LogP contribution in [0.25, 0.3) is 89.1 Å². The fraction of sp³-hybridized carbons (Fsp3) is 0.0652. The van der Waals surface area contributed by atoms with Gasteiger partial charge in [0, 0.05) is 38.3 Å². The molecule has 0 unspecified atom stereocenters. The molecule has 0 aliphatic heterocycles. The molecule has 4 nitrogen and oxygen atoms in total. The van der Waals surface area contributed by atoms with Crippen molar-refractivity contribution in [3.8, 4) is 56.4 Å². The van der Waals surface area contributed by atoms with Crippen molar-refractivity contribution in [1.29, 1.82) is 0 Å². The fourth-order valence-electron chi connectivity index (χ4n) is 7.79. The van der Waals surface area contributed by atoms with Gasteiger partial charge in [0.2, 0.25) is 0 Å². The van der Waals surface area contributed by atoms with Crippen LogP contribution in [0, 0.1) is 0 Å². The molecule has 0 radical (unpaired) electrons. The van der Waals surface area contributed by atoms with Crippen molar-refractivity contribution in [2.75, 3.05) is 0 Å². The van der Waals surface area contributed by atoms with E-state index in [4.69, 9.17) is 19.4 Å². The van der Waals surface area contributed by atoms with Crippen molar-refractivity contribution in [3.05, 3.63) is 163 Å². The highest BCUT2D eigenvalue weighted by molar-refractivity contribution is 6.19. The minimum atomic E-state index is -0.0759. The number of fused-ring (bicyclic) bond motifs is 8. The normalized spacial score (nSPS) is 13.2. The quantitative estimate of drug-likeness (QED) is 0.192. The third kappa shape index (κ3) is 4.35. The summed E-state index contributed by atoms with van der Waals surface area (Å²) in [6, 6.07) is 53.0. The van der Waals surface area contributed by atoms with Gasteiger partial charge in [-0.05, 0) is 63.0 Å². The lowest BCUT2D eigenvalue weighted by Crippen LogP contribution is -2.14. The van der Waals surface area contributed by atoms with Crippen molar-refractivity contribution in [2.24, 2.45) is 0 Å². The summed E-state index contributed by atoms with van der Waals surface area (Å²) in [4.78, 5) is 15.5. The second-order valence-electron chi connectivity index (χ2n) is 13.6. The van der Waals surface area contributed by atoms with Crippen molar-refractivity contribution >= 4 is 32.7 Å². The van der Waals surface area contributed by atoms with Gasteiger partial charge in [-0.15, -0.1) is 0 Å². The van der Waals surface area contributed by atoms with E-state index in [1.165, 1.54) is 22.3 Å². The van der Waals surface area contributed by atoms with Gasteiger partial charge < -0.3 is 4.42 Å². The van der Waals surface area contributed by atoms with E-state index in [9.17, 15) is 0 Å². The zero-order valence-electron chi connectivity index (χ0n) is 27.7. The number of aromatic nitrogens is 3. The van der Waals surface area contributed by atoms with Gasteiger partial charge in [0.15, 0.2) is 17.5 Å². The van der Waals surface area contributed by atoms with Crippen LogP contribution >= 0.6 is 0 Å². The van der Waals surface area contributed by atoms with Crippen LogP contribution in [0.3, 0.4) is 0 Å². The maximum Gasteiger partial charge on any atom is 0.164 e.